The van der Waals surface area contributed by atoms with Crippen LogP contribution in [0.25, 0.3) is 0 Å². The number of piperidine rings is 1. The fraction of sp³-hybridized carbons (Fsp3) is 0.632. The Kier molecular flexibility index (Phi) is 6.91. The van der Waals surface area contributed by atoms with E-state index >= 15 is 0 Å². The van der Waals surface area contributed by atoms with Crippen LogP contribution in [0.3, 0.4) is 0 Å². The Labute approximate surface area is 145 Å². The van der Waals surface area contributed by atoms with Gasteiger partial charge in [-0.05, 0) is 37.3 Å². The van der Waals surface area contributed by atoms with E-state index in [4.69, 9.17) is 4.74 Å². The summed E-state index contributed by atoms with van der Waals surface area (Å²) < 4.78 is 5.82. The fourth-order valence-corrected chi connectivity index (χ4v) is 3.11. The van der Waals surface area contributed by atoms with Gasteiger partial charge in [-0.2, -0.15) is 0 Å². The van der Waals surface area contributed by atoms with Crippen LogP contribution >= 0.6 is 0 Å². The molecular formula is C19H30N2O3. The Morgan fingerprint density at radius 2 is 2.12 bits per heavy atom. The number of benzene rings is 1. The quantitative estimate of drug-likeness (QED) is 0.786. The molecule has 5 nitrogen and oxygen atoms in total. The number of carbonyl (C=O) groups excluding carboxylic acids is 1. The van der Waals surface area contributed by atoms with Crippen LogP contribution in [-0.4, -0.2) is 48.4 Å². The smallest absolute Gasteiger partial charge is 0.317 e. The molecule has 1 saturated heterocycles. The van der Waals surface area contributed by atoms with Crippen molar-refractivity contribution in [2.24, 2.45) is 5.92 Å². The summed E-state index contributed by atoms with van der Waals surface area (Å²) in [6, 6.07) is 7.95. The molecule has 1 fully saturated rings. The van der Waals surface area contributed by atoms with Gasteiger partial charge in [-0.15, -0.1) is 0 Å². The Bertz CT molecular complexity index is 531. The van der Waals surface area contributed by atoms with Crippen molar-refractivity contribution in [3.05, 3.63) is 29.8 Å². The summed E-state index contributed by atoms with van der Waals surface area (Å²) in [6.45, 7) is 8.38. The first-order valence-corrected chi connectivity index (χ1v) is 8.91. The molecule has 1 aliphatic heterocycles. The van der Waals surface area contributed by atoms with Crippen LogP contribution in [0.4, 0.5) is 4.79 Å². The summed E-state index contributed by atoms with van der Waals surface area (Å²) in [5.41, 5.74) is 1.18. The van der Waals surface area contributed by atoms with Crippen LogP contribution in [0, 0.1) is 5.92 Å². The van der Waals surface area contributed by atoms with Crippen LogP contribution in [-0.2, 0) is 0 Å². The lowest BCUT2D eigenvalue weighted by molar-refractivity contribution is 0.0737. The van der Waals surface area contributed by atoms with Crippen LogP contribution in [0.5, 0.6) is 5.75 Å². The van der Waals surface area contributed by atoms with E-state index in [0.29, 0.717) is 25.6 Å². The van der Waals surface area contributed by atoms with Gasteiger partial charge in [-0.1, -0.05) is 32.0 Å². The first-order chi connectivity index (χ1) is 11.5. The van der Waals surface area contributed by atoms with E-state index in [1.807, 2.05) is 18.2 Å². The minimum Gasteiger partial charge on any atom is -0.491 e. The van der Waals surface area contributed by atoms with E-state index in [-0.39, 0.29) is 18.1 Å². The van der Waals surface area contributed by atoms with Crippen LogP contribution in [0.1, 0.15) is 45.1 Å². The second-order valence-electron chi connectivity index (χ2n) is 6.86. The van der Waals surface area contributed by atoms with Gasteiger partial charge in [0.05, 0.1) is 12.6 Å². The molecule has 1 aliphatic rings. The van der Waals surface area contributed by atoms with Gasteiger partial charge in [0, 0.05) is 19.0 Å². The number of hydrogen-bond donors (Lipinski definition) is 2. The number of ether oxygens (including phenoxy) is 1. The number of hydrogen-bond acceptors (Lipinski definition) is 3. The molecule has 1 heterocycles. The maximum Gasteiger partial charge on any atom is 0.317 e. The number of aliphatic hydroxyl groups is 1. The van der Waals surface area contributed by atoms with Crippen molar-refractivity contribution in [1.29, 1.82) is 0 Å². The van der Waals surface area contributed by atoms with Gasteiger partial charge in [-0.25, -0.2) is 4.79 Å². The van der Waals surface area contributed by atoms with Gasteiger partial charge in [-0.3, -0.25) is 0 Å². The number of nitrogens with one attached hydrogen (secondary N) is 1. The molecule has 0 aromatic heterocycles. The largest absolute Gasteiger partial charge is 0.491 e. The Hall–Kier alpha value is -1.75. The Morgan fingerprint density at radius 1 is 1.38 bits per heavy atom. The number of carbonyl (C=O) groups is 1. The third-order valence-electron chi connectivity index (χ3n) is 4.60. The highest BCUT2D eigenvalue weighted by atomic mass is 16.5. The molecule has 0 saturated carbocycles. The monoisotopic (exact) mass is 334 g/mol. The van der Waals surface area contributed by atoms with Crippen molar-refractivity contribution in [3.8, 4) is 5.75 Å². The number of aliphatic hydroxyl groups excluding tert-OH is 1. The Morgan fingerprint density at radius 3 is 2.83 bits per heavy atom. The number of likely N-dealkylation sites (tertiary alicyclic amines) is 1. The van der Waals surface area contributed by atoms with E-state index in [9.17, 15) is 9.90 Å². The van der Waals surface area contributed by atoms with E-state index in [1.165, 1.54) is 5.56 Å². The minimum absolute atomic E-state index is 0.0684. The third-order valence-corrected chi connectivity index (χ3v) is 4.60. The molecule has 2 atom stereocenters. The van der Waals surface area contributed by atoms with Crippen molar-refractivity contribution in [1.82, 2.24) is 10.2 Å². The van der Waals surface area contributed by atoms with Gasteiger partial charge in [0.25, 0.3) is 0 Å². The molecule has 5 heteroatoms. The number of nitrogens with zero attached hydrogens (tertiary/aromatic N) is 1. The topological polar surface area (TPSA) is 61.8 Å². The average molecular weight is 334 g/mol. The molecule has 24 heavy (non-hydrogen) atoms. The average Bonchev–Trinajstić information content (AvgIpc) is 2.58. The number of urea groups is 1. The third kappa shape index (κ3) is 5.13. The van der Waals surface area contributed by atoms with E-state index in [0.717, 1.165) is 25.1 Å². The van der Waals surface area contributed by atoms with Crippen molar-refractivity contribution in [3.63, 3.8) is 0 Å². The first-order valence-electron chi connectivity index (χ1n) is 8.91. The maximum atomic E-state index is 12.2. The van der Waals surface area contributed by atoms with Crippen molar-refractivity contribution in [2.75, 3.05) is 26.2 Å². The van der Waals surface area contributed by atoms with Gasteiger partial charge < -0.3 is 20.1 Å². The zero-order valence-electron chi connectivity index (χ0n) is 15.0. The molecule has 0 aliphatic carbocycles. The highest BCUT2D eigenvalue weighted by molar-refractivity contribution is 5.74. The summed E-state index contributed by atoms with van der Waals surface area (Å²) in [7, 11) is 0. The van der Waals surface area contributed by atoms with E-state index in [2.05, 4.69) is 25.2 Å². The number of para-hydroxylation sites is 1. The number of amides is 2. The predicted molar refractivity (Wildman–Crippen MR) is 95.4 cm³/mol. The second-order valence-corrected chi connectivity index (χ2v) is 6.86. The van der Waals surface area contributed by atoms with E-state index < -0.39 is 0 Å². The van der Waals surface area contributed by atoms with Crippen molar-refractivity contribution >= 4 is 6.03 Å². The standard InChI is InChI=1S/C19H30N2O3/c1-14(2)17-8-4-5-9-18(17)24-12-10-20-19(23)21-11-6-7-16(13-21)15(3)22/h4-5,8-9,14-16,22H,6-7,10-13H2,1-3H3,(H,20,23). The fourth-order valence-electron chi connectivity index (χ4n) is 3.11. The first kappa shape index (κ1) is 18.6. The molecule has 0 bridgehead atoms. The molecule has 1 aromatic rings. The van der Waals surface area contributed by atoms with Gasteiger partial charge in [0.2, 0.25) is 0 Å². The van der Waals surface area contributed by atoms with Crippen LogP contribution in [0.15, 0.2) is 24.3 Å². The summed E-state index contributed by atoms with van der Waals surface area (Å²) >= 11 is 0. The molecule has 1 aromatic carbocycles. The minimum atomic E-state index is -0.364. The summed E-state index contributed by atoms with van der Waals surface area (Å²) in [4.78, 5) is 14.0. The second kappa shape index (κ2) is 8.92. The zero-order valence-corrected chi connectivity index (χ0v) is 15.0. The molecule has 2 amide bonds. The molecule has 2 rings (SSSR count). The predicted octanol–water partition coefficient (Wildman–Crippen LogP) is 2.99. The normalized spacial score (nSPS) is 19.2. The zero-order chi connectivity index (χ0) is 17.5. The highest BCUT2D eigenvalue weighted by Gasteiger charge is 2.26. The molecule has 2 N–H and O–H groups in total. The van der Waals surface area contributed by atoms with Crippen molar-refractivity contribution < 1.29 is 14.6 Å². The summed E-state index contributed by atoms with van der Waals surface area (Å²) in [6.07, 6.45) is 1.56. The van der Waals surface area contributed by atoms with Crippen molar-refractivity contribution in [2.45, 2.75) is 45.6 Å². The number of rotatable bonds is 6. The molecule has 134 valence electrons. The molecule has 0 spiro atoms. The highest BCUT2D eigenvalue weighted by Crippen LogP contribution is 2.25. The van der Waals surface area contributed by atoms with E-state index in [1.54, 1.807) is 11.8 Å². The lowest BCUT2D eigenvalue weighted by Crippen LogP contribution is -2.48. The molecular weight excluding hydrogens is 304 g/mol. The SMILES string of the molecule is CC(C)c1ccccc1OCCNC(=O)N1CCCC(C(C)O)C1. The maximum absolute atomic E-state index is 12.2. The summed E-state index contributed by atoms with van der Waals surface area (Å²) in [5.74, 6) is 1.47. The lowest BCUT2D eigenvalue weighted by atomic mass is 9.94. The van der Waals surface area contributed by atoms with Gasteiger partial charge in [0.1, 0.15) is 12.4 Å². The Balaban J connectivity index is 1.75. The molecule has 2 unspecified atom stereocenters. The molecule has 0 radical (unpaired) electrons. The van der Waals surface area contributed by atoms with Crippen LogP contribution < -0.4 is 10.1 Å². The lowest BCUT2D eigenvalue weighted by Gasteiger charge is -2.34. The van der Waals surface area contributed by atoms with Gasteiger partial charge in [0.15, 0.2) is 0 Å². The summed E-state index contributed by atoms with van der Waals surface area (Å²) in [5, 5.41) is 12.6. The van der Waals surface area contributed by atoms with Crippen LogP contribution in [0.2, 0.25) is 0 Å². The van der Waals surface area contributed by atoms with Gasteiger partial charge >= 0.3 is 6.03 Å².